The van der Waals surface area contributed by atoms with Gasteiger partial charge < -0.3 is 5.11 Å². The van der Waals surface area contributed by atoms with E-state index in [2.05, 4.69) is 0 Å². The van der Waals surface area contributed by atoms with Crippen molar-refractivity contribution in [3.05, 3.63) is 34.3 Å². The maximum atomic E-state index is 11.1. The summed E-state index contributed by atoms with van der Waals surface area (Å²) in [5.41, 5.74) is 2.13. The lowest BCUT2D eigenvalue weighted by molar-refractivity contribution is -0.142. The molecule has 0 radical (unpaired) electrons. The second kappa shape index (κ2) is 5.07. The standard InChI is InChI=1S/C13H16ClNO2/c1-9-4-5-10(7-11(9)14)8-15-6-2-3-12(15)13(16)17/h4-5,7,12H,2-3,6,8H2,1H3,(H,16,17)/t12-/m0/s1. The van der Waals surface area contributed by atoms with Gasteiger partial charge in [0, 0.05) is 11.6 Å². The van der Waals surface area contributed by atoms with E-state index in [4.69, 9.17) is 16.7 Å². The van der Waals surface area contributed by atoms with Crippen molar-refractivity contribution in [2.45, 2.75) is 32.4 Å². The van der Waals surface area contributed by atoms with Gasteiger partial charge in [-0.1, -0.05) is 23.7 Å². The van der Waals surface area contributed by atoms with E-state index in [-0.39, 0.29) is 6.04 Å². The van der Waals surface area contributed by atoms with Gasteiger partial charge in [-0.15, -0.1) is 0 Å². The van der Waals surface area contributed by atoms with E-state index >= 15 is 0 Å². The Bertz CT molecular complexity index is 433. The SMILES string of the molecule is Cc1ccc(CN2CCC[C@H]2C(=O)O)cc1Cl. The number of rotatable bonds is 3. The zero-order chi connectivity index (χ0) is 12.4. The van der Waals surface area contributed by atoms with Gasteiger partial charge in [0.1, 0.15) is 6.04 Å². The fraction of sp³-hybridized carbons (Fsp3) is 0.462. The van der Waals surface area contributed by atoms with E-state index in [0.29, 0.717) is 6.54 Å². The summed E-state index contributed by atoms with van der Waals surface area (Å²) in [5.74, 6) is -0.722. The number of carboxylic acid groups (broad SMARTS) is 1. The predicted octanol–water partition coefficient (Wildman–Crippen LogP) is 2.70. The second-order valence-electron chi connectivity index (χ2n) is 4.55. The minimum absolute atomic E-state index is 0.338. The minimum atomic E-state index is -0.722. The number of hydrogen-bond donors (Lipinski definition) is 1. The quantitative estimate of drug-likeness (QED) is 0.901. The average molecular weight is 254 g/mol. The van der Waals surface area contributed by atoms with Crippen molar-refractivity contribution < 1.29 is 9.90 Å². The molecule has 0 amide bonds. The van der Waals surface area contributed by atoms with Crippen molar-refractivity contribution in [1.29, 1.82) is 0 Å². The van der Waals surface area contributed by atoms with Crippen molar-refractivity contribution >= 4 is 17.6 Å². The molecule has 1 aliphatic rings. The highest BCUT2D eigenvalue weighted by Gasteiger charge is 2.30. The van der Waals surface area contributed by atoms with Gasteiger partial charge in [-0.2, -0.15) is 0 Å². The van der Waals surface area contributed by atoms with Gasteiger partial charge >= 0.3 is 5.97 Å². The molecule has 0 saturated carbocycles. The van der Waals surface area contributed by atoms with Crippen molar-refractivity contribution in [2.24, 2.45) is 0 Å². The zero-order valence-corrected chi connectivity index (χ0v) is 10.6. The Morgan fingerprint density at radius 1 is 1.59 bits per heavy atom. The Morgan fingerprint density at radius 3 is 3.00 bits per heavy atom. The zero-order valence-electron chi connectivity index (χ0n) is 9.82. The number of benzene rings is 1. The molecule has 2 rings (SSSR count). The molecule has 1 aliphatic heterocycles. The highest BCUT2D eigenvalue weighted by molar-refractivity contribution is 6.31. The minimum Gasteiger partial charge on any atom is -0.480 e. The molecule has 3 nitrogen and oxygen atoms in total. The maximum absolute atomic E-state index is 11.1. The van der Waals surface area contributed by atoms with Gasteiger partial charge in [0.2, 0.25) is 0 Å². The van der Waals surface area contributed by atoms with Crippen LogP contribution in [0.25, 0.3) is 0 Å². The number of halogens is 1. The molecule has 1 heterocycles. The largest absolute Gasteiger partial charge is 0.480 e. The number of carbonyl (C=O) groups is 1. The first kappa shape index (κ1) is 12.4. The van der Waals surface area contributed by atoms with Gasteiger partial charge in [0.15, 0.2) is 0 Å². The second-order valence-corrected chi connectivity index (χ2v) is 4.96. The molecular weight excluding hydrogens is 238 g/mol. The maximum Gasteiger partial charge on any atom is 0.320 e. The first-order valence-electron chi connectivity index (χ1n) is 5.80. The number of likely N-dealkylation sites (tertiary alicyclic amines) is 1. The first-order valence-corrected chi connectivity index (χ1v) is 6.17. The van der Waals surface area contributed by atoms with Crippen LogP contribution in [0.3, 0.4) is 0 Å². The number of aryl methyl sites for hydroxylation is 1. The lowest BCUT2D eigenvalue weighted by atomic mass is 10.1. The van der Waals surface area contributed by atoms with Crippen LogP contribution in [0.2, 0.25) is 5.02 Å². The number of nitrogens with zero attached hydrogens (tertiary/aromatic N) is 1. The van der Waals surface area contributed by atoms with Crippen molar-refractivity contribution in [3.8, 4) is 0 Å². The normalized spacial score (nSPS) is 20.7. The van der Waals surface area contributed by atoms with Crippen molar-refractivity contribution in [1.82, 2.24) is 4.90 Å². The smallest absolute Gasteiger partial charge is 0.320 e. The summed E-state index contributed by atoms with van der Waals surface area (Å²) in [6.45, 7) is 3.47. The highest BCUT2D eigenvalue weighted by atomic mass is 35.5. The Kier molecular flexibility index (Phi) is 3.69. The average Bonchev–Trinajstić information content (AvgIpc) is 2.72. The molecule has 1 N–H and O–H groups in total. The summed E-state index contributed by atoms with van der Waals surface area (Å²) in [4.78, 5) is 13.1. The van der Waals surface area contributed by atoms with Crippen LogP contribution in [-0.4, -0.2) is 28.6 Å². The number of hydrogen-bond acceptors (Lipinski definition) is 2. The number of carboxylic acids is 1. The summed E-state index contributed by atoms with van der Waals surface area (Å²) < 4.78 is 0. The molecule has 0 aromatic heterocycles. The Hall–Kier alpha value is -1.06. The summed E-state index contributed by atoms with van der Waals surface area (Å²) in [6.07, 6.45) is 1.70. The summed E-state index contributed by atoms with van der Waals surface area (Å²) in [7, 11) is 0. The van der Waals surface area contributed by atoms with E-state index in [9.17, 15) is 4.79 Å². The van der Waals surface area contributed by atoms with Crippen molar-refractivity contribution in [3.63, 3.8) is 0 Å². The molecular formula is C13H16ClNO2. The molecule has 0 spiro atoms. The van der Waals surface area contributed by atoms with Gasteiger partial charge in [-0.25, -0.2) is 0 Å². The van der Waals surface area contributed by atoms with Gasteiger partial charge in [-0.3, -0.25) is 9.69 Å². The van der Waals surface area contributed by atoms with Crippen LogP contribution >= 0.6 is 11.6 Å². The fourth-order valence-corrected chi connectivity index (χ4v) is 2.47. The summed E-state index contributed by atoms with van der Waals surface area (Å²) in [5, 5.41) is 9.84. The lowest BCUT2D eigenvalue weighted by Gasteiger charge is -2.21. The van der Waals surface area contributed by atoms with Crippen LogP contribution in [0.1, 0.15) is 24.0 Å². The van der Waals surface area contributed by atoms with Crippen LogP contribution in [0, 0.1) is 6.92 Å². The van der Waals surface area contributed by atoms with Crippen LogP contribution < -0.4 is 0 Å². The lowest BCUT2D eigenvalue weighted by Crippen LogP contribution is -2.35. The molecule has 1 aromatic carbocycles. The van der Waals surface area contributed by atoms with Gasteiger partial charge in [-0.05, 0) is 43.5 Å². The van der Waals surface area contributed by atoms with E-state index < -0.39 is 5.97 Å². The molecule has 1 fully saturated rings. The molecule has 1 aromatic rings. The molecule has 17 heavy (non-hydrogen) atoms. The Labute approximate surface area is 106 Å². The van der Waals surface area contributed by atoms with E-state index in [0.717, 1.165) is 35.5 Å². The molecule has 0 aliphatic carbocycles. The van der Waals surface area contributed by atoms with Crippen LogP contribution in [0.5, 0.6) is 0 Å². The number of aliphatic carboxylic acids is 1. The van der Waals surface area contributed by atoms with Crippen LogP contribution in [-0.2, 0) is 11.3 Å². The van der Waals surface area contributed by atoms with E-state index in [1.54, 1.807) is 0 Å². The Balaban J connectivity index is 2.09. The van der Waals surface area contributed by atoms with E-state index in [1.807, 2.05) is 30.0 Å². The monoisotopic (exact) mass is 253 g/mol. The van der Waals surface area contributed by atoms with Gasteiger partial charge in [0.25, 0.3) is 0 Å². The first-order chi connectivity index (χ1) is 8.08. The fourth-order valence-electron chi connectivity index (χ4n) is 2.26. The van der Waals surface area contributed by atoms with Crippen LogP contribution in [0.4, 0.5) is 0 Å². The van der Waals surface area contributed by atoms with Crippen LogP contribution in [0.15, 0.2) is 18.2 Å². The molecule has 0 unspecified atom stereocenters. The van der Waals surface area contributed by atoms with Crippen molar-refractivity contribution in [2.75, 3.05) is 6.54 Å². The van der Waals surface area contributed by atoms with E-state index in [1.165, 1.54) is 0 Å². The Morgan fingerprint density at radius 2 is 2.35 bits per heavy atom. The third-order valence-electron chi connectivity index (χ3n) is 3.27. The summed E-state index contributed by atoms with van der Waals surface area (Å²) >= 11 is 6.06. The molecule has 92 valence electrons. The third-order valence-corrected chi connectivity index (χ3v) is 3.68. The molecule has 0 bridgehead atoms. The molecule has 1 saturated heterocycles. The van der Waals surface area contributed by atoms with Gasteiger partial charge in [0.05, 0.1) is 0 Å². The predicted molar refractivity (Wildman–Crippen MR) is 67.3 cm³/mol. The summed E-state index contributed by atoms with van der Waals surface area (Å²) in [6, 6.07) is 5.57. The topological polar surface area (TPSA) is 40.5 Å². The molecule has 4 heteroatoms. The molecule has 1 atom stereocenters. The third kappa shape index (κ3) is 2.79. The highest BCUT2D eigenvalue weighted by Crippen LogP contribution is 2.22.